The summed E-state index contributed by atoms with van der Waals surface area (Å²) in [5.41, 5.74) is 4.14. The monoisotopic (exact) mass is 828 g/mol. The van der Waals surface area contributed by atoms with Crippen molar-refractivity contribution in [3.63, 3.8) is 0 Å². The largest absolute Gasteiger partial charge is 1.00 e. The summed E-state index contributed by atoms with van der Waals surface area (Å²) >= 11 is 6.26. The molecule has 2 N–H and O–H groups in total. The van der Waals surface area contributed by atoms with Crippen LogP contribution in [0.25, 0.3) is 17.8 Å². The zero-order valence-corrected chi connectivity index (χ0v) is 36.0. The molecule has 0 aliphatic carbocycles. The molecule has 1 aliphatic heterocycles. The molecule has 15 heteroatoms. The number of hydrogen-bond donors (Lipinski definition) is 0. The topological polar surface area (TPSA) is 96.2 Å². The third-order valence-corrected chi connectivity index (χ3v) is 8.58. The molecular weight excluding hydrogens is 790 g/mol. The minimum absolute atomic E-state index is 0. The van der Waals surface area contributed by atoms with Gasteiger partial charge in [0.25, 0.3) is 0 Å². The molecule has 0 saturated carbocycles. The van der Waals surface area contributed by atoms with Crippen LogP contribution in [0.5, 0.6) is 5.75 Å². The van der Waals surface area contributed by atoms with Crippen molar-refractivity contribution in [2.45, 2.75) is 50.9 Å². The quantitative estimate of drug-likeness (QED) is 0.333. The second-order valence-corrected chi connectivity index (χ2v) is 13.0. The fourth-order valence-electron chi connectivity index (χ4n) is 4.68. The zero-order chi connectivity index (χ0) is 31.2. The Bertz CT molecular complexity index is 1500. The molecular formula is C31H39BClF3N4NbO3RbS. The number of rotatable bonds is 6. The van der Waals surface area contributed by atoms with Crippen molar-refractivity contribution in [1.82, 2.24) is 9.88 Å². The van der Waals surface area contributed by atoms with Gasteiger partial charge in [0, 0.05) is 91.0 Å². The van der Waals surface area contributed by atoms with Gasteiger partial charge >= 0.3 is 64.5 Å². The van der Waals surface area contributed by atoms with Crippen LogP contribution >= 0.6 is 11.6 Å². The minimum Gasteiger partial charge on any atom is -0.693 e. The van der Waals surface area contributed by atoms with Crippen molar-refractivity contribution in [3.05, 3.63) is 88.3 Å². The maximum atomic E-state index is 13.2. The summed E-state index contributed by atoms with van der Waals surface area (Å²) in [6, 6.07) is 14.0. The van der Waals surface area contributed by atoms with Gasteiger partial charge in [-0.25, -0.2) is 8.42 Å². The maximum Gasteiger partial charge on any atom is 1.00 e. The molecule has 0 amide bonds. The molecule has 1 fully saturated rings. The first kappa shape index (κ1) is 47.6. The molecule has 0 atom stereocenters. The van der Waals surface area contributed by atoms with Gasteiger partial charge in [0.05, 0.1) is 9.92 Å². The summed E-state index contributed by atoms with van der Waals surface area (Å²) in [4.78, 5) is 8.89. The molecule has 4 rings (SSSR count). The SMILES string of the molecule is C/C(=C\c1c(Cl)ccnc1C)c1ccc(N2CCC(N(C)C)CC2)cc1OC(F)(F)F.Cc1ccc(S(C)(=O)=O)cc1.[B].[NH2-].[Nb].[Rb+]. The predicted octanol–water partition coefficient (Wildman–Crippen LogP) is 4.77. The van der Waals surface area contributed by atoms with Crippen LogP contribution in [0.3, 0.4) is 0 Å². The minimum atomic E-state index is -4.78. The number of halogens is 4. The molecule has 1 aliphatic rings. The van der Waals surface area contributed by atoms with E-state index in [1.54, 1.807) is 62.5 Å². The van der Waals surface area contributed by atoms with Gasteiger partial charge in [-0.3, -0.25) is 4.98 Å². The molecule has 1 aromatic heterocycles. The van der Waals surface area contributed by atoms with Crippen molar-refractivity contribution < 1.29 is 107 Å². The van der Waals surface area contributed by atoms with E-state index in [0.29, 0.717) is 38.4 Å². The van der Waals surface area contributed by atoms with Gasteiger partial charge < -0.3 is 20.7 Å². The van der Waals surface area contributed by atoms with Crippen LogP contribution in [-0.2, 0) is 32.2 Å². The number of hydrogen-bond acceptors (Lipinski definition) is 6. The number of allylic oxidation sites excluding steroid dienone is 1. The third-order valence-electron chi connectivity index (χ3n) is 7.12. The van der Waals surface area contributed by atoms with Gasteiger partial charge in [-0.1, -0.05) is 29.3 Å². The molecule has 0 spiro atoms. The smallest absolute Gasteiger partial charge is 0.693 e. The molecule has 7 nitrogen and oxygen atoms in total. The Morgan fingerprint density at radius 3 is 2.11 bits per heavy atom. The second kappa shape index (κ2) is 20.9. The molecule has 3 aromatic rings. The number of benzene rings is 2. The summed E-state index contributed by atoms with van der Waals surface area (Å²) in [6.45, 7) is 7.04. The fraction of sp³-hybridized carbons (Fsp3) is 0.387. The van der Waals surface area contributed by atoms with E-state index in [1.165, 1.54) is 12.3 Å². The molecule has 1 saturated heterocycles. The second-order valence-electron chi connectivity index (χ2n) is 10.6. The summed E-state index contributed by atoms with van der Waals surface area (Å²) in [5.74, 6) is -0.217. The summed E-state index contributed by atoms with van der Waals surface area (Å²) in [7, 11) is 1.08. The number of sulfone groups is 1. The molecule has 244 valence electrons. The van der Waals surface area contributed by atoms with E-state index in [0.717, 1.165) is 37.2 Å². The number of pyridine rings is 1. The molecule has 4 radical (unpaired) electrons. The van der Waals surface area contributed by atoms with Gasteiger partial charge in [-0.15, -0.1) is 13.2 Å². The zero-order valence-electron chi connectivity index (χ0n) is 27.3. The van der Waals surface area contributed by atoms with E-state index < -0.39 is 16.2 Å². The molecule has 2 aromatic carbocycles. The average molecular weight is 829 g/mol. The normalized spacial score (nSPS) is 13.6. The standard InChI is InChI=1S/C23H27ClF3N3O.C8H10O2S.B.H2N.Nb.Rb/c1-15(13-20-16(2)28-10-7-21(20)24)19-6-5-18(14-22(19)31-23(25,26)27)30-11-8-17(9-12-30)29(3)4;1-7-3-5-8(6-4-7)11(2,9)10;;;;/h5-7,10,13-14,17H,8-9,11-12H2,1-4H3;3-6H,1-2H3;;1H2;;/q;;;-1;;+1/b15-13+;;;;;. The molecule has 2 heterocycles. The number of aromatic nitrogens is 1. The Kier molecular flexibility index (Phi) is 21.6. The Balaban J connectivity index is 0. The third kappa shape index (κ3) is 14.5. The van der Waals surface area contributed by atoms with E-state index in [9.17, 15) is 21.6 Å². The van der Waals surface area contributed by atoms with Crippen molar-refractivity contribution in [3.8, 4) is 5.75 Å². The van der Waals surface area contributed by atoms with E-state index in [4.69, 9.17) is 11.6 Å². The van der Waals surface area contributed by atoms with Crippen molar-refractivity contribution in [1.29, 1.82) is 0 Å². The first-order valence-corrected chi connectivity index (χ1v) is 15.7. The first-order chi connectivity index (χ1) is 19.5. The average Bonchev–Trinajstić information content (AvgIpc) is 2.90. The van der Waals surface area contributed by atoms with Gasteiger partial charge in [-0.2, -0.15) is 0 Å². The van der Waals surface area contributed by atoms with Crippen LogP contribution in [0.1, 0.15) is 42.1 Å². The fourth-order valence-corrected chi connectivity index (χ4v) is 5.56. The van der Waals surface area contributed by atoms with Crippen LogP contribution in [0, 0.1) is 13.8 Å². The molecule has 0 unspecified atom stereocenters. The van der Waals surface area contributed by atoms with Gasteiger partial charge in [0.2, 0.25) is 0 Å². The number of nitrogens with two attached hydrogens (primary N) is 1. The number of alkyl halides is 3. The Hall–Kier alpha value is -0.510. The van der Waals surface area contributed by atoms with Gasteiger partial charge in [0.15, 0.2) is 9.84 Å². The van der Waals surface area contributed by atoms with Crippen LogP contribution < -0.4 is 67.8 Å². The molecule has 0 bridgehead atoms. The number of piperidine rings is 1. The van der Waals surface area contributed by atoms with Crippen LogP contribution in [-0.4, -0.2) is 72.6 Å². The predicted molar refractivity (Wildman–Crippen MR) is 175 cm³/mol. The van der Waals surface area contributed by atoms with Crippen LogP contribution in [0.15, 0.2) is 59.6 Å². The molecule has 46 heavy (non-hydrogen) atoms. The number of nitrogens with zero attached hydrogens (tertiary/aromatic N) is 3. The Morgan fingerprint density at radius 2 is 1.63 bits per heavy atom. The number of anilines is 1. The van der Waals surface area contributed by atoms with Crippen LogP contribution in [0.4, 0.5) is 18.9 Å². The van der Waals surface area contributed by atoms with Crippen molar-refractivity contribution in [2.75, 3.05) is 38.3 Å². The van der Waals surface area contributed by atoms with E-state index in [-0.39, 0.29) is 101 Å². The first-order valence-electron chi connectivity index (χ1n) is 13.4. The Morgan fingerprint density at radius 1 is 1.07 bits per heavy atom. The summed E-state index contributed by atoms with van der Waals surface area (Å²) in [5, 5.41) is 0.491. The summed E-state index contributed by atoms with van der Waals surface area (Å²) < 4.78 is 65.8. The van der Waals surface area contributed by atoms with E-state index in [1.807, 2.05) is 13.0 Å². The summed E-state index contributed by atoms with van der Waals surface area (Å²) in [6.07, 6.45) is 1.68. The maximum absolute atomic E-state index is 13.2. The van der Waals surface area contributed by atoms with E-state index >= 15 is 0 Å². The number of ether oxygens (including phenoxy) is 1. The van der Waals surface area contributed by atoms with Gasteiger partial charge in [-0.05, 0) is 89.7 Å². The van der Waals surface area contributed by atoms with Gasteiger partial charge in [0.1, 0.15) is 5.75 Å². The van der Waals surface area contributed by atoms with Crippen molar-refractivity contribution in [2.24, 2.45) is 0 Å². The van der Waals surface area contributed by atoms with Crippen molar-refractivity contribution >= 4 is 47.2 Å². The van der Waals surface area contributed by atoms with Crippen LogP contribution in [0.2, 0.25) is 5.02 Å². The van der Waals surface area contributed by atoms with E-state index in [2.05, 4.69) is 33.6 Å². The Labute approximate surface area is 343 Å². The number of aryl methyl sites for hydroxylation is 2.